The number of carbonyl (C=O) groups excluding carboxylic acids is 2. The third kappa shape index (κ3) is 9.06. The molecular weight excluding hydrogens is 498 g/mol. The standard InChI is InChI=1S/C28H37N7O4/c29-23(30)5-1-2-15-34-27(38)25-21-17-18(7-13-24(37)33-14-3-4-16-35-28(31)32)6-12-22(21)39-26(25)19-8-10-20(36)11-9-19/h6-13,17,25-26,36H,1-5,14-16H2,(H3,29,30)(H,33,37)(H,34,38)(H4,31,32,35)/b13-7+/t25-,26-/m1/s1. The number of unbranched alkanes of at least 4 members (excludes halogenated alkanes) is 2. The Bertz CT molecular complexity index is 1210. The van der Waals surface area contributed by atoms with Gasteiger partial charge in [-0.15, -0.1) is 0 Å². The number of carbonyl (C=O) groups is 2. The summed E-state index contributed by atoms with van der Waals surface area (Å²) in [5.41, 5.74) is 18.2. The van der Waals surface area contributed by atoms with Gasteiger partial charge in [-0.05, 0) is 67.2 Å². The van der Waals surface area contributed by atoms with E-state index < -0.39 is 12.0 Å². The van der Waals surface area contributed by atoms with Crippen molar-refractivity contribution in [3.63, 3.8) is 0 Å². The van der Waals surface area contributed by atoms with E-state index in [-0.39, 0.29) is 29.4 Å². The number of nitrogens with two attached hydrogens (primary N) is 3. The number of phenols is 1. The largest absolute Gasteiger partial charge is 0.508 e. The first kappa shape index (κ1) is 29.0. The molecule has 3 rings (SSSR count). The Kier molecular flexibility index (Phi) is 10.7. The van der Waals surface area contributed by atoms with Gasteiger partial charge in [-0.25, -0.2) is 0 Å². The molecule has 10 N–H and O–H groups in total. The smallest absolute Gasteiger partial charge is 0.243 e. The molecule has 1 aliphatic heterocycles. The third-order valence-electron chi connectivity index (χ3n) is 6.21. The van der Waals surface area contributed by atoms with Crippen molar-refractivity contribution in [2.75, 3.05) is 19.6 Å². The molecule has 0 saturated carbocycles. The number of amides is 2. The van der Waals surface area contributed by atoms with Crippen LogP contribution in [0.4, 0.5) is 0 Å². The fraction of sp³-hybridized carbons (Fsp3) is 0.357. The minimum atomic E-state index is -0.621. The highest BCUT2D eigenvalue weighted by molar-refractivity contribution is 5.92. The second-order valence-electron chi connectivity index (χ2n) is 9.32. The summed E-state index contributed by atoms with van der Waals surface area (Å²) in [4.78, 5) is 29.5. The quantitative estimate of drug-likeness (QED) is 0.0829. The SMILES string of the molecule is N=C(N)CCCCNC(=O)[C@@H]1c2cc(/C=C/C(=O)NCCCCN=C(N)N)ccc2O[C@@H]1c1ccc(O)cc1. The van der Waals surface area contributed by atoms with Crippen molar-refractivity contribution in [3.05, 3.63) is 65.2 Å². The maximum Gasteiger partial charge on any atom is 0.243 e. The zero-order valence-electron chi connectivity index (χ0n) is 21.9. The lowest BCUT2D eigenvalue weighted by Gasteiger charge is -2.19. The molecule has 208 valence electrons. The van der Waals surface area contributed by atoms with Gasteiger partial charge in [-0.1, -0.05) is 18.2 Å². The zero-order chi connectivity index (χ0) is 28.2. The number of guanidine groups is 1. The van der Waals surface area contributed by atoms with E-state index in [1.165, 1.54) is 6.08 Å². The summed E-state index contributed by atoms with van der Waals surface area (Å²) in [6, 6.07) is 12.1. The van der Waals surface area contributed by atoms with Crippen LogP contribution >= 0.6 is 0 Å². The van der Waals surface area contributed by atoms with E-state index in [0.717, 1.165) is 29.5 Å². The molecule has 2 amide bonds. The highest BCUT2D eigenvalue weighted by Crippen LogP contribution is 2.46. The molecule has 2 aromatic rings. The van der Waals surface area contributed by atoms with Crippen LogP contribution < -0.4 is 32.6 Å². The Labute approximate surface area is 228 Å². The maximum absolute atomic E-state index is 13.4. The van der Waals surface area contributed by atoms with Gasteiger partial charge < -0.3 is 37.7 Å². The zero-order valence-corrected chi connectivity index (χ0v) is 21.9. The number of amidine groups is 1. The van der Waals surface area contributed by atoms with Crippen LogP contribution in [0.3, 0.4) is 0 Å². The minimum absolute atomic E-state index is 0.0560. The van der Waals surface area contributed by atoms with E-state index in [2.05, 4.69) is 15.6 Å². The molecule has 0 saturated heterocycles. The molecular formula is C28H37N7O4. The lowest BCUT2D eigenvalue weighted by Crippen LogP contribution is -2.32. The predicted octanol–water partition coefficient (Wildman–Crippen LogP) is 2.01. The summed E-state index contributed by atoms with van der Waals surface area (Å²) < 4.78 is 6.19. The number of phenolic OH excluding ortho intramolecular Hbond substituents is 1. The van der Waals surface area contributed by atoms with Crippen LogP contribution in [0.5, 0.6) is 11.5 Å². The molecule has 1 aliphatic rings. The number of hydrogen-bond acceptors (Lipinski definition) is 6. The summed E-state index contributed by atoms with van der Waals surface area (Å²) >= 11 is 0. The van der Waals surface area contributed by atoms with Gasteiger partial charge in [0.15, 0.2) is 5.96 Å². The average Bonchev–Trinajstić information content (AvgIpc) is 3.28. The van der Waals surface area contributed by atoms with Gasteiger partial charge in [-0.2, -0.15) is 0 Å². The second-order valence-corrected chi connectivity index (χ2v) is 9.32. The van der Waals surface area contributed by atoms with Crippen molar-refractivity contribution in [3.8, 4) is 11.5 Å². The van der Waals surface area contributed by atoms with Gasteiger partial charge in [0.1, 0.15) is 23.5 Å². The number of nitrogens with one attached hydrogen (secondary N) is 3. The van der Waals surface area contributed by atoms with Gasteiger partial charge in [0, 0.05) is 37.7 Å². The molecule has 2 atom stereocenters. The molecule has 39 heavy (non-hydrogen) atoms. The third-order valence-corrected chi connectivity index (χ3v) is 6.21. The van der Waals surface area contributed by atoms with Crippen molar-refractivity contribution in [2.45, 2.75) is 44.1 Å². The molecule has 0 radical (unpaired) electrons. The number of nitrogens with zero attached hydrogens (tertiary/aromatic N) is 1. The molecule has 0 aliphatic carbocycles. The highest BCUT2D eigenvalue weighted by atomic mass is 16.5. The van der Waals surface area contributed by atoms with Crippen LogP contribution in [0.25, 0.3) is 6.08 Å². The fourth-order valence-electron chi connectivity index (χ4n) is 4.24. The number of ether oxygens (including phenoxy) is 1. The molecule has 0 aromatic heterocycles. The molecule has 11 nitrogen and oxygen atoms in total. The maximum atomic E-state index is 13.4. The molecule has 2 aromatic carbocycles. The molecule has 11 heteroatoms. The monoisotopic (exact) mass is 535 g/mol. The first-order valence-corrected chi connectivity index (χ1v) is 13.0. The van der Waals surface area contributed by atoms with Crippen LogP contribution in [0.1, 0.15) is 60.8 Å². The fourth-order valence-corrected chi connectivity index (χ4v) is 4.24. The summed E-state index contributed by atoms with van der Waals surface area (Å²) in [5, 5.41) is 22.8. The van der Waals surface area contributed by atoms with E-state index in [0.29, 0.717) is 44.6 Å². The summed E-state index contributed by atoms with van der Waals surface area (Å²) in [6.07, 6.45) is 5.98. The molecule has 0 unspecified atom stereocenters. The van der Waals surface area contributed by atoms with Crippen molar-refractivity contribution >= 4 is 29.7 Å². The number of rotatable bonds is 14. The van der Waals surface area contributed by atoms with Crippen LogP contribution in [-0.4, -0.2) is 48.4 Å². The van der Waals surface area contributed by atoms with E-state index >= 15 is 0 Å². The van der Waals surface area contributed by atoms with Crippen LogP contribution in [0.2, 0.25) is 0 Å². The topological polar surface area (TPSA) is 202 Å². The number of aliphatic imine (C=N–C) groups is 1. The summed E-state index contributed by atoms with van der Waals surface area (Å²) in [6.45, 7) is 1.47. The van der Waals surface area contributed by atoms with E-state index in [4.69, 9.17) is 27.3 Å². The first-order valence-electron chi connectivity index (χ1n) is 13.0. The Morgan fingerprint density at radius 3 is 2.44 bits per heavy atom. The summed E-state index contributed by atoms with van der Waals surface area (Å²) in [7, 11) is 0. The normalized spacial score (nSPS) is 15.8. The van der Waals surface area contributed by atoms with E-state index in [1.54, 1.807) is 36.4 Å². The van der Waals surface area contributed by atoms with Gasteiger partial charge in [0.2, 0.25) is 11.8 Å². The van der Waals surface area contributed by atoms with Crippen molar-refractivity contribution in [2.24, 2.45) is 22.2 Å². The lowest BCUT2D eigenvalue weighted by molar-refractivity contribution is -0.124. The van der Waals surface area contributed by atoms with Crippen molar-refractivity contribution < 1.29 is 19.4 Å². The van der Waals surface area contributed by atoms with Crippen molar-refractivity contribution in [1.82, 2.24) is 10.6 Å². The molecule has 0 spiro atoms. The lowest BCUT2D eigenvalue weighted by atomic mass is 9.89. The van der Waals surface area contributed by atoms with Crippen LogP contribution in [0, 0.1) is 5.41 Å². The Balaban J connectivity index is 1.68. The summed E-state index contributed by atoms with van der Waals surface area (Å²) in [5.74, 6) is -0.133. The van der Waals surface area contributed by atoms with Crippen LogP contribution in [0.15, 0.2) is 53.5 Å². The van der Waals surface area contributed by atoms with Gasteiger partial charge >= 0.3 is 0 Å². The van der Waals surface area contributed by atoms with Crippen molar-refractivity contribution in [1.29, 1.82) is 5.41 Å². The van der Waals surface area contributed by atoms with Crippen LogP contribution in [-0.2, 0) is 9.59 Å². The average molecular weight is 536 g/mol. The highest BCUT2D eigenvalue weighted by Gasteiger charge is 2.40. The van der Waals surface area contributed by atoms with Gasteiger partial charge in [-0.3, -0.25) is 20.0 Å². The van der Waals surface area contributed by atoms with Gasteiger partial charge in [0.05, 0.1) is 5.84 Å². The Hall–Kier alpha value is -4.54. The molecule has 0 bridgehead atoms. The Morgan fingerprint density at radius 1 is 1.00 bits per heavy atom. The molecule has 1 heterocycles. The Morgan fingerprint density at radius 2 is 1.72 bits per heavy atom. The molecule has 0 fully saturated rings. The minimum Gasteiger partial charge on any atom is -0.508 e. The second kappa shape index (κ2) is 14.4. The van der Waals surface area contributed by atoms with Gasteiger partial charge in [0.25, 0.3) is 0 Å². The van der Waals surface area contributed by atoms with E-state index in [9.17, 15) is 14.7 Å². The predicted molar refractivity (Wildman–Crippen MR) is 151 cm³/mol. The van der Waals surface area contributed by atoms with E-state index in [1.807, 2.05) is 12.1 Å². The first-order chi connectivity index (χ1) is 18.7. The number of fused-ring (bicyclic) bond motifs is 1. The number of aromatic hydroxyl groups is 1. The number of hydrogen-bond donors (Lipinski definition) is 7. The number of benzene rings is 2.